The fraction of sp³-hybridized carbons (Fsp3) is 1.00. The summed E-state index contributed by atoms with van der Waals surface area (Å²) in [6, 6.07) is 0. The Morgan fingerprint density at radius 3 is 2.14 bits per heavy atom. The molecule has 0 aromatic carbocycles. The third-order valence-corrected chi connectivity index (χ3v) is 4.69. The topological polar surface area (TPSA) is 0 Å². The van der Waals surface area contributed by atoms with Gasteiger partial charge in [0.1, 0.15) is 0 Å². The predicted octanol–water partition coefficient (Wildman–Crippen LogP) is 4.64. The summed E-state index contributed by atoms with van der Waals surface area (Å²) in [7, 11) is 0. The summed E-state index contributed by atoms with van der Waals surface area (Å²) in [6.07, 6.45) is 12.2. The lowest BCUT2D eigenvalue weighted by atomic mass is 9.78. The first-order valence-corrected chi connectivity index (χ1v) is 6.77. The largest absolute Gasteiger partial charge is 0.0622 e. The lowest BCUT2D eigenvalue weighted by Crippen LogP contribution is -2.16. The molecule has 0 bridgehead atoms. The number of hydrogen-bond donors (Lipinski definition) is 0. The first-order chi connectivity index (χ1) is 6.77. The van der Waals surface area contributed by atoms with E-state index >= 15 is 0 Å². The second kappa shape index (κ2) is 4.68. The summed E-state index contributed by atoms with van der Waals surface area (Å²) < 4.78 is 0. The van der Waals surface area contributed by atoms with E-state index in [1.807, 2.05) is 0 Å². The van der Waals surface area contributed by atoms with E-state index in [4.69, 9.17) is 0 Å². The molecule has 0 amide bonds. The zero-order valence-corrected chi connectivity index (χ0v) is 9.97. The van der Waals surface area contributed by atoms with Gasteiger partial charge in [-0.2, -0.15) is 0 Å². The predicted molar refractivity (Wildman–Crippen MR) is 62.2 cm³/mol. The van der Waals surface area contributed by atoms with Crippen LogP contribution >= 0.6 is 0 Å². The van der Waals surface area contributed by atoms with Crippen molar-refractivity contribution < 1.29 is 0 Å². The van der Waals surface area contributed by atoms with Crippen LogP contribution in [0.15, 0.2) is 0 Å². The Balaban J connectivity index is 1.71. The molecule has 2 aliphatic rings. The molecule has 0 saturated heterocycles. The average Bonchev–Trinajstić information content (AvgIpc) is 3.01. The van der Waals surface area contributed by atoms with Gasteiger partial charge < -0.3 is 0 Å². The van der Waals surface area contributed by atoms with Crippen molar-refractivity contribution in [3.05, 3.63) is 0 Å². The van der Waals surface area contributed by atoms with Crippen molar-refractivity contribution in [2.24, 2.45) is 23.7 Å². The Morgan fingerprint density at radius 1 is 0.929 bits per heavy atom. The minimum atomic E-state index is 0.991. The first kappa shape index (κ1) is 10.5. The van der Waals surface area contributed by atoms with Crippen LogP contribution in [0, 0.1) is 23.7 Å². The zero-order chi connectivity index (χ0) is 9.97. The van der Waals surface area contributed by atoms with Gasteiger partial charge >= 0.3 is 0 Å². The van der Waals surface area contributed by atoms with Gasteiger partial charge in [-0.1, -0.05) is 46.0 Å². The minimum Gasteiger partial charge on any atom is -0.0622 e. The molecule has 0 aromatic rings. The van der Waals surface area contributed by atoms with E-state index in [9.17, 15) is 0 Å². The molecular formula is C14H26. The first-order valence-electron chi connectivity index (χ1n) is 6.77. The van der Waals surface area contributed by atoms with Crippen molar-refractivity contribution in [2.45, 2.75) is 65.2 Å². The van der Waals surface area contributed by atoms with Crippen molar-refractivity contribution in [2.75, 3.05) is 0 Å². The van der Waals surface area contributed by atoms with Gasteiger partial charge in [0.15, 0.2) is 0 Å². The molecule has 0 spiro atoms. The van der Waals surface area contributed by atoms with Crippen LogP contribution in [0.25, 0.3) is 0 Å². The lowest BCUT2D eigenvalue weighted by molar-refractivity contribution is 0.238. The Kier molecular flexibility index (Phi) is 3.52. The molecule has 2 aliphatic carbocycles. The van der Waals surface area contributed by atoms with Gasteiger partial charge in [-0.05, 0) is 42.9 Å². The van der Waals surface area contributed by atoms with Gasteiger partial charge in [-0.25, -0.2) is 0 Å². The number of hydrogen-bond acceptors (Lipinski definition) is 0. The van der Waals surface area contributed by atoms with Gasteiger partial charge in [-0.3, -0.25) is 0 Å². The van der Waals surface area contributed by atoms with Crippen molar-refractivity contribution >= 4 is 0 Å². The van der Waals surface area contributed by atoms with Gasteiger partial charge in [0.05, 0.1) is 0 Å². The Hall–Kier alpha value is 0. The van der Waals surface area contributed by atoms with Crippen LogP contribution in [0.1, 0.15) is 65.2 Å². The van der Waals surface area contributed by atoms with Gasteiger partial charge in [0.25, 0.3) is 0 Å². The molecule has 0 heteroatoms. The van der Waals surface area contributed by atoms with Crippen molar-refractivity contribution in [3.8, 4) is 0 Å². The Bertz CT molecular complexity index is 163. The maximum absolute atomic E-state index is 2.50. The SMILES string of the molecule is C[C@H](CC1CCCCC1)[C@@H](C)C1CC1. The second-order valence-corrected chi connectivity index (χ2v) is 5.91. The maximum Gasteiger partial charge on any atom is -0.0386 e. The molecule has 0 radical (unpaired) electrons. The van der Waals surface area contributed by atoms with Crippen LogP contribution < -0.4 is 0 Å². The highest BCUT2D eigenvalue weighted by molar-refractivity contribution is 4.82. The lowest BCUT2D eigenvalue weighted by Gasteiger charge is -2.27. The van der Waals surface area contributed by atoms with E-state index in [1.54, 1.807) is 0 Å². The molecule has 0 heterocycles. The highest BCUT2D eigenvalue weighted by Crippen LogP contribution is 2.42. The zero-order valence-electron chi connectivity index (χ0n) is 9.97. The van der Waals surface area contributed by atoms with E-state index < -0.39 is 0 Å². The van der Waals surface area contributed by atoms with Gasteiger partial charge in [-0.15, -0.1) is 0 Å². The fourth-order valence-electron chi connectivity index (χ4n) is 3.25. The van der Waals surface area contributed by atoms with E-state index in [1.165, 1.54) is 51.4 Å². The summed E-state index contributed by atoms with van der Waals surface area (Å²) in [5.41, 5.74) is 0. The van der Waals surface area contributed by atoms with Gasteiger partial charge in [0.2, 0.25) is 0 Å². The normalized spacial score (nSPS) is 28.7. The Morgan fingerprint density at radius 2 is 1.57 bits per heavy atom. The Labute approximate surface area is 89.5 Å². The minimum absolute atomic E-state index is 0.991. The molecule has 0 N–H and O–H groups in total. The van der Waals surface area contributed by atoms with Crippen molar-refractivity contribution in [3.63, 3.8) is 0 Å². The highest BCUT2D eigenvalue weighted by atomic mass is 14.4. The third kappa shape index (κ3) is 2.74. The smallest absolute Gasteiger partial charge is 0.0386 e. The summed E-state index contributed by atoms with van der Waals surface area (Å²) in [6.45, 7) is 4.99. The van der Waals surface area contributed by atoms with E-state index in [-0.39, 0.29) is 0 Å². The summed E-state index contributed by atoms with van der Waals surface area (Å²) >= 11 is 0. The molecule has 0 unspecified atom stereocenters. The van der Waals surface area contributed by atoms with Crippen molar-refractivity contribution in [1.82, 2.24) is 0 Å². The van der Waals surface area contributed by atoms with Gasteiger partial charge in [0, 0.05) is 0 Å². The van der Waals surface area contributed by atoms with Crippen LogP contribution in [0.3, 0.4) is 0 Å². The van der Waals surface area contributed by atoms with Crippen LogP contribution in [0.2, 0.25) is 0 Å². The second-order valence-electron chi connectivity index (χ2n) is 5.91. The third-order valence-electron chi connectivity index (χ3n) is 4.69. The molecular weight excluding hydrogens is 168 g/mol. The monoisotopic (exact) mass is 194 g/mol. The van der Waals surface area contributed by atoms with E-state index in [0.717, 1.165) is 23.7 Å². The molecule has 2 atom stereocenters. The molecule has 0 aromatic heterocycles. The van der Waals surface area contributed by atoms with Crippen molar-refractivity contribution in [1.29, 1.82) is 0 Å². The summed E-state index contributed by atoms with van der Waals surface area (Å²) in [5.74, 6) is 4.19. The standard InChI is InChI=1S/C14H26/c1-11(12(2)14-8-9-14)10-13-6-4-3-5-7-13/h11-14H,3-10H2,1-2H3/t11-,12-/m1/s1. The van der Waals surface area contributed by atoms with E-state index in [0.29, 0.717) is 0 Å². The number of rotatable bonds is 4. The maximum atomic E-state index is 2.50. The molecule has 2 saturated carbocycles. The van der Waals surface area contributed by atoms with Crippen LogP contribution in [0.5, 0.6) is 0 Å². The fourth-order valence-corrected chi connectivity index (χ4v) is 3.25. The molecule has 0 nitrogen and oxygen atoms in total. The molecule has 2 fully saturated rings. The quantitative estimate of drug-likeness (QED) is 0.611. The van der Waals surface area contributed by atoms with E-state index in [2.05, 4.69) is 13.8 Å². The summed E-state index contributed by atoms with van der Waals surface area (Å²) in [4.78, 5) is 0. The van der Waals surface area contributed by atoms with Crippen LogP contribution in [0.4, 0.5) is 0 Å². The molecule has 2 rings (SSSR count). The molecule has 82 valence electrons. The molecule has 14 heavy (non-hydrogen) atoms. The van der Waals surface area contributed by atoms with Crippen LogP contribution in [-0.4, -0.2) is 0 Å². The van der Waals surface area contributed by atoms with Crippen LogP contribution in [-0.2, 0) is 0 Å². The summed E-state index contributed by atoms with van der Waals surface area (Å²) in [5, 5.41) is 0. The molecule has 0 aliphatic heterocycles. The highest BCUT2D eigenvalue weighted by Gasteiger charge is 2.32. The average molecular weight is 194 g/mol.